The molecule has 0 aliphatic rings. The molecule has 0 unspecified atom stereocenters. The van der Waals surface area contributed by atoms with Crippen LogP contribution in [0.5, 0.6) is 5.75 Å². The summed E-state index contributed by atoms with van der Waals surface area (Å²) < 4.78 is 21.5. The van der Waals surface area contributed by atoms with E-state index in [9.17, 15) is 14.3 Å². The summed E-state index contributed by atoms with van der Waals surface area (Å²) >= 11 is 0. The van der Waals surface area contributed by atoms with Crippen molar-refractivity contribution in [2.45, 2.75) is 19.5 Å². The van der Waals surface area contributed by atoms with Crippen molar-refractivity contribution < 1.29 is 19.0 Å². The van der Waals surface area contributed by atoms with Gasteiger partial charge >= 0.3 is 5.97 Å². The second-order valence-corrected chi connectivity index (χ2v) is 7.02. The quantitative estimate of drug-likeness (QED) is 0.470. The first kappa shape index (κ1) is 20.3. The number of carboxylic acids is 1. The van der Waals surface area contributed by atoms with E-state index in [4.69, 9.17) is 4.74 Å². The molecule has 2 aromatic heterocycles. The lowest BCUT2D eigenvalue weighted by atomic mass is 10.1. The summed E-state index contributed by atoms with van der Waals surface area (Å²) in [6, 6.07) is 15.5. The molecule has 0 radical (unpaired) electrons. The van der Waals surface area contributed by atoms with E-state index >= 15 is 0 Å². The zero-order valence-corrected chi connectivity index (χ0v) is 16.8. The number of nitrogens with zero attached hydrogens (tertiary/aromatic N) is 5. The Morgan fingerprint density at radius 2 is 1.77 bits per heavy atom. The predicted octanol–water partition coefficient (Wildman–Crippen LogP) is 3.01. The monoisotopic (exact) mass is 421 g/mol. The fraction of sp³-hybridized carbons (Fsp3) is 0.182. The van der Waals surface area contributed by atoms with Crippen LogP contribution < -0.4 is 4.74 Å². The third-order valence-corrected chi connectivity index (χ3v) is 4.75. The zero-order valence-electron chi connectivity index (χ0n) is 16.8. The molecule has 0 bridgehead atoms. The number of halogens is 1. The van der Waals surface area contributed by atoms with Crippen molar-refractivity contribution in [1.29, 1.82) is 0 Å². The molecule has 4 aromatic rings. The number of benzene rings is 2. The number of hydrogen-bond donors (Lipinski definition) is 1. The molecule has 0 amide bonds. The maximum absolute atomic E-state index is 13.2. The van der Waals surface area contributed by atoms with Gasteiger partial charge in [0.05, 0.1) is 19.9 Å². The number of aromatic nitrogens is 5. The molecule has 31 heavy (non-hydrogen) atoms. The Balaban J connectivity index is 1.56. The van der Waals surface area contributed by atoms with Gasteiger partial charge in [0.1, 0.15) is 29.5 Å². The van der Waals surface area contributed by atoms with Crippen LogP contribution in [0.25, 0.3) is 11.4 Å². The highest BCUT2D eigenvalue weighted by Gasteiger charge is 2.15. The normalized spacial score (nSPS) is 10.9. The van der Waals surface area contributed by atoms with Crippen molar-refractivity contribution in [1.82, 2.24) is 24.8 Å². The summed E-state index contributed by atoms with van der Waals surface area (Å²) in [6.45, 7) is 0.242. The third-order valence-electron chi connectivity index (χ3n) is 4.75. The molecule has 2 aromatic carbocycles. The van der Waals surface area contributed by atoms with E-state index in [-0.39, 0.29) is 12.4 Å². The topological polar surface area (TPSA) is 95.1 Å². The van der Waals surface area contributed by atoms with Crippen LogP contribution in [0.4, 0.5) is 4.39 Å². The van der Waals surface area contributed by atoms with Gasteiger partial charge in [-0.15, -0.1) is 5.10 Å². The highest BCUT2D eigenvalue weighted by atomic mass is 19.1. The van der Waals surface area contributed by atoms with E-state index in [0.29, 0.717) is 30.0 Å². The van der Waals surface area contributed by atoms with Gasteiger partial charge in [-0.2, -0.15) is 5.10 Å². The van der Waals surface area contributed by atoms with E-state index < -0.39 is 5.97 Å². The van der Waals surface area contributed by atoms with Crippen LogP contribution >= 0.6 is 0 Å². The molecule has 0 atom stereocenters. The second kappa shape index (κ2) is 8.78. The molecule has 158 valence electrons. The number of carbonyl (C=O) groups is 1. The van der Waals surface area contributed by atoms with Crippen LogP contribution in [0, 0.1) is 5.82 Å². The minimum absolute atomic E-state index is 0.281. The van der Waals surface area contributed by atoms with Crippen LogP contribution in [0.15, 0.2) is 60.8 Å². The number of ether oxygens (including phenoxy) is 1. The van der Waals surface area contributed by atoms with Gasteiger partial charge in [-0.25, -0.2) is 9.07 Å². The molecule has 1 N–H and O–H groups in total. The minimum atomic E-state index is -1.00. The predicted molar refractivity (Wildman–Crippen MR) is 110 cm³/mol. The van der Waals surface area contributed by atoms with Gasteiger partial charge in [0.15, 0.2) is 0 Å². The highest BCUT2D eigenvalue weighted by molar-refractivity contribution is 5.67. The van der Waals surface area contributed by atoms with Gasteiger partial charge in [-0.3, -0.25) is 9.48 Å². The summed E-state index contributed by atoms with van der Waals surface area (Å²) in [6.07, 6.45) is 2.18. The summed E-state index contributed by atoms with van der Waals surface area (Å²) in [5.74, 6) is -0.546. The lowest BCUT2D eigenvalue weighted by Gasteiger charge is -2.04. The number of methoxy groups -OCH3 is 1. The molecule has 0 aliphatic carbocycles. The summed E-state index contributed by atoms with van der Waals surface area (Å²) in [5.41, 5.74) is 3.64. The van der Waals surface area contributed by atoms with E-state index in [2.05, 4.69) is 15.4 Å². The number of aliphatic carboxylic acids is 1. The smallest absolute Gasteiger partial charge is 0.325 e. The maximum Gasteiger partial charge on any atom is 0.325 e. The van der Waals surface area contributed by atoms with Crippen LogP contribution in [-0.4, -0.2) is 43.0 Å². The molecule has 9 heteroatoms. The van der Waals surface area contributed by atoms with Crippen LogP contribution in [0.3, 0.4) is 0 Å². The van der Waals surface area contributed by atoms with Crippen molar-refractivity contribution in [2.75, 3.05) is 7.11 Å². The Kier molecular flexibility index (Phi) is 5.74. The van der Waals surface area contributed by atoms with Crippen LogP contribution in [-0.2, 0) is 24.3 Å². The molecule has 0 aliphatic heterocycles. The Hall–Kier alpha value is -4.01. The number of carboxylic acid groups (broad SMARTS) is 1. The molecule has 0 spiro atoms. The molecule has 0 saturated carbocycles. The average molecular weight is 421 g/mol. The van der Waals surface area contributed by atoms with Crippen molar-refractivity contribution in [3.05, 3.63) is 83.4 Å². The van der Waals surface area contributed by atoms with E-state index in [1.165, 1.54) is 16.8 Å². The summed E-state index contributed by atoms with van der Waals surface area (Å²) in [4.78, 5) is 11.3. The minimum Gasteiger partial charge on any atom is -0.497 e. The van der Waals surface area contributed by atoms with Gasteiger partial charge in [-0.05, 0) is 41.5 Å². The lowest BCUT2D eigenvalue weighted by Crippen LogP contribution is -2.13. The number of hydrogen-bond acceptors (Lipinski definition) is 5. The van der Waals surface area contributed by atoms with Gasteiger partial charge < -0.3 is 9.84 Å². The van der Waals surface area contributed by atoms with E-state index in [1.807, 2.05) is 24.3 Å². The fourth-order valence-electron chi connectivity index (χ4n) is 3.21. The third kappa shape index (κ3) is 4.95. The first-order valence-electron chi connectivity index (χ1n) is 9.56. The Morgan fingerprint density at radius 3 is 2.45 bits per heavy atom. The van der Waals surface area contributed by atoms with Crippen LogP contribution in [0.2, 0.25) is 0 Å². The van der Waals surface area contributed by atoms with Gasteiger partial charge in [0.2, 0.25) is 0 Å². The zero-order chi connectivity index (χ0) is 21.8. The Labute approximate surface area is 177 Å². The molecule has 0 saturated heterocycles. The van der Waals surface area contributed by atoms with Crippen molar-refractivity contribution in [3.63, 3.8) is 0 Å². The molecule has 4 rings (SSSR count). The van der Waals surface area contributed by atoms with E-state index in [1.54, 1.807) is 36.2 Å². The van der Waals surface area contributed by atoms with Crippen LogP contribution in [0.1, 0.15) is 16.8 Å². The molecular formula is C22H20FN5O3. The summed E-state index contributed by atoms with van der Waals surface area (Å²) in [7, 11) is 1.62. The van der Waals surface area contributed by atoms with Crippen molar-refractivity contribution >= 4 is 5.97 Å². The SMILES string of the molecule is COc1ccc(Cn2cc(-c3cc(Cc4ccc(F)cc4)n(CC(=O)O)n3)nn2)cc1. The van der Waals surface area contributed by atoms with E-state index in [0.717, 1.165) is 16.9 Å². The maximum atomic E-state index is 13.2. The lowest BCUT2D eigenvalue weighted by molar-refractivity contribution is -0.137. The Morgan fingerprint density at radius 1 is 1.06 bits per heavy atom. The summed E-state index contributed by atoms with van der Waals surface area (Å²) in [5, 5.41) is 22.0. The van der Waals surface area contributed by atoms with Gasteiger partial charge in [-0.1, -0.05) is 29.5 Å². The largest absolute Gasteiger partial charge is 0.497 e. The highest BCUT2D eigenvalue weighted by Crippen LogP contribution is 2.20. The molecule has 0 fully saturated rings. The standard InChI is InChI=1S/C22H20FN5O3/c1-31-19-8-4-16(5-9-19)12-27-13-21(24-26-27)20-11-18(28(25-20)14-22(29)30)10-15-2-6-17(23)7-3-15/h2-9,11,13H,10,12,14H2,1H3,(H,29,30). The fourth-order valence-corrected chi connectivity index (χ4v) is 3.21. The molecular weight excluding hydrogens is 401 g/mol. The van der Waals surface area contributed by atoms with Gasteiger partial charge in [0.25, 0.3) is 0 Å². The van der Waals surface area contributed by atoms with Gasteiger partial charge in [0, 0.05) is 12.1 Å². The first-order chi connectivity index (χ1) is 15.0. The molecule has 8 nitrogen and oxygen atoms in total. The molecule has 2 heterocycles. The van der Waals surface area contributed by atoms with Crippen molar-refractivity contribution in [2.24, 2.45) is 0 Å². The number of rotatable bonds is 8. The second-order valence-electron chi connectivity index (χ2n) is 7.02. The Bertz CT molecular complexity index is 1180. The average Bonchev–Trinajstić information content (AvgIpc) is 3.37. The first-order valence-corrected chi connectivity index (χ1v) is 9.56. The van der Waals surface area contributed by atoms with Crippen molar-refractivity contribution in [3.8, 4) is 17.1 Å².